The molecule has 18 heavy (non-hydrogen) atoms. The number of hydrogen-bond acceptors (Lipinski definition) is 4. The van der Waals surface area contributed by atoms with Crippen LogP contribution >= 0.6 is 0 Å². The molecule has 0 aliphatic carbocycles. The first-order valence-corrected chi connectivity index (χ1v) is 6.13. The van der Waals surface area contributed by atoms with Gasteiger partial charge in [0.15, 0.2) is 5.82 Å². The fourth-order valence-corrected chi connectivity index (χ4v) is 1.80. The number of aromatic amines is 1. The lowest BCUT2D eigenvalue weighted by Crippen LogP contribution is -2.15. The minimum Gasteiger partial charge on any atom is -0.508 e. The van der Waals surface area contributed by atoms with E-state index < -0.39 is 0 Å². The van der Waals surface area contributed by atoms with Crippen molar-refractivity contribution in [2.24, 2.45) is 5.73 Å². The number of phenolic OH excluding ortho intramolecular Hbond substituents is 1. The van der Waals surface area contributed by atoms with Crippen molar-refractivity contribution in [2.75, 3.05) is 0 Å². The molecule has 0 aliphatic rings. The first-order valence-electron chi connectivity index (χ1n) is 6.13. The maximum atomic E-state index is 9.21. The first kappa shape index (κ1) is 12.6. The molecule has 2 aromatic rings. The van der Waals surface area contributed by atoms with Crippen LogP contribution < -0.4 is 5.73 Å². The molecular weight excluding hydrogens is 228 g/mol. The summed E-state index contributed by atoms with van der Waals surface area (Å²) in [6.07, 6.45) is 2.57. The van der Waals surface area contributed by atoms with Crippen molar-refractivity contribution >= 4 is 0 Å². The van der Waals surface area contributed by atoms with Crippen molar-refractivity contribution in [1.82, 2.24) is 15.2 Å². The molecule has 0 saturated heterocycles. The van der Waals surface area contributed by atoms with Gasteiger partial charge >= 0.3 is 0 Å². The van der Waals surface area contributed by atoms with Crippen LogP contribution in [0.15, 0.2) is 24.3 Å². The second-order valence-corrected chi connectivity index (χ2v) is 4.37. The number of hydrogen-bond donors (Lipinski definition) is 3. The van der Waals surface area contributed by atoms with E-state index in [-0.39, 0.29) is 11.8 Å². The Kier molecular flexibility index (Phi) is 3.94. The first-order chi connectivity index (χ1) is 8.69. The van der Waals surface area contributed by atoms with E-state index in [1.165, 1.54) is 0 Å². The van der Waals surface area contributed by atoms with E-state index in [2.05, 4.69) is 22.1 Å². The van der Waals surface area contributed by atoms with Crippen molar-refractivity contribution in [3.63, 3.8) is 0 Å². The number of nitrogens with zero attached hydrogens (tertiary/aromatic N) is 2. The second kappa shape index (κ2) is 5.64. The minimum absolute atomic E-state index is 0.226. The quantitative estimate of drug-likeness (QED) is 0.749. The number of rotatable bonds is 5. The average Bonchev–Trinajstić information content (AvgIpc) is 2.81. The molecule has 1 atom stereocenters. The molecule has 0 fully saturated rings. The van der Waals surface area contributed by atoms with Gasteiger partial charge < -0.3 is 10.8 Å². The number of aromatic hydroxyl groups is 1. The highest BCUT2D eigenvalue weighted by Crippen LogP contribution is 2.15. The van der Waals surface area contributed by atoms with E-state index in [9.17, 15) is 5.11 Å². The molecule has 0 amide bonds. The molecule has 5 heteroatoms. The molecule has 0 spiro atoms. The van der Waals surface area contributed by atoms with Gasteiger partial charge in [-0.15, -0.1) is 0 Å². The van der Waals surface area contributed by atoms with Gasteiger partial charge in [0.25, 0.3) is 0 Å². The smallest absolute Gasteiger partial charge is 0.167 e. The Labute approximate surface area is 106 Å². The van der Waals surface area contributed by atoms with Crippen LogP contribution in [0.5, 0.6) is 5.75 Å². The summed E-state index contributed by atoms with van der Waals surface area (Å²) in [5, 5.41) is 16.2. The summed E-state index contributed by atoms with van der Waals surface area (Å²) in [7, 11) is 0. The number of nitrogens with one attached hydrogen (secondary N) is 1. The van der Waals surface area contributed by atoms with Crippen molar-refractivity contribution in [3.05, 3.63) is 41.5 Å². The van der Waals surface area contributed by atoms with Gasteiger partial charge in [-0.3, -0.25) is 5.10 Å². The van der Waals surface area contributed by atoms with Crippen LogP contribution in [0.3, 0.4) is 0 Å². The predicted molar refractivity (Wildman–Crippen MR) is 69.1 cm³/mol. The maximum absolute atomic E-state index is 9.21. The molecule has 0 saturated carbocycles. The van der Waals surface area contributed by atoms with Crippen LogP contribution in [-0.4, -0.2) is 20.3 Å². The molecule has 0 aliphatic heterocycles. The van der Waals surface area contributed by atoms with Crippen LogP contribution in [0.25, 0.3) is 0 Å². The Hall–Kier alpha value is -1.88. The number of aryl methyl sites for hydroxylation is 1. The van der Waals surface area contributed by atoms with Crippen LogP contribution in [0.1, 0.15) is 36.6 Å². The highest BCUT2D eigenvalue weighted by Gasteiger charge is 2.12. The van der Waals surface area contributed by atoms with E-state index in [1.54, 1.807) is 12.1 Å². The van der Waals surface area contributed by atoms with Crippen molar-refractivity contribution in [2.45, 2.75) is 32.2 Å². The third-order valence-electron chi connectivity index (χ3n) is 2.76. The lowest BCUT2D eigenvalue weighted by atomic mass is 10.1. The van der Waals surface area contributed by atoms with Crippen LogP contribution in [0, 0.1) is 0 Å². The molecule has 96 valence electrons. The van der Waals surface area contributed by atoms with Crippen molar-refractivity contribution in [3.8, 4) is 5.75 Å². The molecule has 1 aromatic heterocycles. The summed E-state index contributed by atoms with van der Waals surface area (Å²) >= 11 is 0. The lowest BCUT2D eigenvalue weighted by molar-refractivity contribution is 0.475. The molecular formula is C13H18N4O. The fraction of sp³-hybridized carbons (Fsp3) is 0.385. The van der Waals surface area contributed by atoms with Crippen LogP contribution in [0.4, 0.5) is 0 Å². The number of benzene rings is 1. The van der Waals surface area contributed by atoms with E-state index in [4.69, 9.17) is 5.73 Å². The summed E-state index contributed by atoms with van der Waals surface area (Å²) < 4.78 is 0. The second-order valence-electron chi connectivity index (χ2n) is 4.37. The van der Waals surface area contributed by atoms with Crippen LogP contribution in [-0.2, 0) is 12.8 Å². The zero-order valence-electron chi connectivity index (χ0n) is 10.4. The average molecular weight is 246 g/mol. The number of aromatic nitrogens is 3. The molecule has 2 rings (SSSR count). The third-order valence-corrected chi connectivity index (χ3v) is 2.76. The summed E-state index contributed by atoms with van der Waals surface area (Å²) in [5.41, 5.74) is 7.12. The Bertz CT molecular complexity index is 492. The highest BCUT2D eigenvalue weighted by atomic mass is 16.3. The molecule has 1 unspecified atom stereocenters. The van der Waals surface area contributed by atoms with E-state index >= 15 is 0 Å². The third kappa shape index (κ3) is 3.07. The fourth-order valence-electron chi connectivity index (χ4n) is 1.80. The molecule has 1 aromatic carbocycles. The molecule has 0 radical (unpaired) electrons. The summed E-state index contributed by atoms with van der Waals surface area (Å²) in [6.45, 7) is 2.10. The molecule has 0 bridgehead atoms. The van der Waals surface area contributed by atoms with Gasteiger partial charge in [0.2, 0.25) is 0 Å². The summed E-state index contributed by atoms with van der Waals surface area (Å²) in [4.78, 5) is 4.37. The normalized spacial score (nSPS) is 12.6. The monoisotopic (exact) mass is 246 g/mol. The molecule has 1 heterocycles. The Balaban J connectivity index is 2.02. The summed E-state index contributed by atoms with van der Waals surface area (Å²) in [5.74, 6) is 1.79. The molecule has 4 N–H and O–H groups in total. The van der Waals surface area contributed by atoms with Gasteiger partial charge in [0, 0.05) is 6.42 Å². The maximum Gasteiger partial charge on any atom is 0.167 e. The van der Waals surface area contributed by atoms with E-state index in [0.717, 1.165) is 24.2 Å². The topological polar surface area (TPSA) is 87.8 Å². The largest absolute Gasteiger partial charge is 0.508 e. The van der Waals surface area contributed by atoms with Crippen molar-refractivity contribution in [1.29, 1.82) is 0 Å². The number of nitrogens with two attached hydrogens (primary N) is 1. The van der Waals surface area contributed by atoms with Gasteiger partial charge in [-0.25, -0.2) is 4.98 Å². The lowest BCUT2D eigenvalue weighted by Gasteiger charge is -2.07. The van der Waals surface area contributed by atoms with Gasteiger partial charge in [0.1, 0.15) is 11.6 Å². The van der Waals surface area contributed by atoms with Gasteiger partial charge in [-0.1, -0.05) is 19.1 Å². The standard InChI is InChI=1S/C13H18N4O/c1-2-3-12-15-13(17-16-12)11(14)8-9-4-6-10(18)7-5-9/h4-7,11,18H,2-3,8,14H2,1H3,(H,15,16,17). The summed E-state index contributed by atoms with van der Waals surface area (Å²) in [6, 6.07) is 6.80. The minimum atomic E-state index is -0.226. The number of phenols is 1. The Morgan fingerprint density at radius 2 is 2.06 bits per heavy atom. The van der Waals surface area contributed by atoms with Gasteiger partial charge in [-0.05, 0) is 30.5 Å². The van der Waals surface area contributed by atoms with E-state index in [0.29, 0.717) is 12.2 Å². The van der Waals surface area contributed by atoms with Crippen molar-refractivity contribution < 1.29 is 5.11 Å². The van der Waals surface area contributed by atoms with E-state index in [1.807, 2.05) is 12.1 Å². The zero-order valence-corrected chi connectivity index (χ0v) is 10.4. The highest BCUT2D eigenvalue weighted by molar-refractivity contribution is 5.26. The zero-order chi connectivity index (χ0) is 13.0. The SMILES string of the molecule is CCCc1nc(C(N)Cc2ccc(O)cc2)n[nH]1. The van der Waals surface area contributed by atoms with Gasteiger partial charge in [-0.2, -0.15) is 5.10 Å². The Morgan fingerprint density at radius 3 is 2.72 bits per heavy atom. The number of H-pyrrole nitrogens is 1. The predicted octanol–water partition coefficient (Wildman–Crippen LogP) is 1.71. The van der Waals surface area contributed by atoms with Gasteiger partial charge in [0.05, 0.1) is 6.04 Å². The molecule has 5 nitrogen and oxygen atoms in total. The van der Waals surface area contributed by atoms with Crippen LogP contribution in [0.2, 0.25) is 0 Å². The Morgan fingerprint density at radius 1 is 1.33 bits per heavy atom.